The fraction of sp³-hybridized carbons (Fsp3) is 0.364. The number of rotatable bonds is 6. The molecule has 0 saturated heterocycles. The minimum atomic E-state index is -0.996. The lowest BCUT2D eigenvalue weighted by Gasteiger charge is -2.08. The molecule has 1 aromatic rings. The number of benzene rings is 1. The number of methoxy groups -OCH3 is 1. The minimum Gasteiger partial charge on any atom is -0.495 e. The Bertz CT molecular complexity index is 407. The van der Waals surface area contributed by atoms with E-state index in [1.54, 1.807) is 12.1 Å². The highest BCUT2D eigenvalue weighted by Crippen LogP contribution is 2.31. The van der Waals surface area contributed by atoms with Crippen LogP contribution in [-0.2, 0) is 16.0 Å². The Morgan fingerprint density at radius 3 is 2.65 bits per heavy atom. The number of carboxylic acid groups (broad SMARTS) is 1. The average Bonchev–Trinajstić information content (AvgIpc) is 2.28. The molecule has 0 spiro atoms. The minimum absolute atomic E-state index is 0.272. The zero-order valence-corrected chi connectivity index (χ0v) is 10.7. The van der Waals surface area contributed by atoms with Gasteiger partial charge in [-0.2, -0.15) is 0 Å². The van der Waals surface area contributed by atoms with E-state index in [4.69, 9.17) is 37.8 Å². The van der Waals surface area contributed by atoms with E-state index >= 15 is 0 Å². The summed E-state index contributed by atoms with van der Waals surface area (Å²) in [5.41, 5.74) is 0.794. The van der Waals surface area contributed by atoms with Crippen molar-refractivity contribution in [3.8, 4) is 5.75 Å². The van der Waals surface area contributed by atoms with Crippen LogP contribution in [0.4, 0.5) is 0 Å². The molecule has 0 aromatic heterocycles. The van der Waals surface area contributed by atoms with E-state index in [-0.39, 0.29) is 13.2 Å². The van der Waals surface area contributed by atoms with Crippen molar-refractivity contribution in [1.82, 2.24) is 0 Å². The Labute approximate surface area is 109 Å². The van der Waals surface area contributed by atoms with Crippen LogP contribution in [0.1, 0.15) is 5.56 Å². The normalized spacial score (nSPS) is 10.3. The molecule has 6 heteroatoms. The number of hydrogen-bond donors (Lipinski definition) is 1. The van der Waals surface area contributed by atoms with E-state index < -0.39 is 5.97 Å². The van der Waals surface area contributed by atoms with Gasteiger partial charge in [-0.3, -0.25) is 0 Å². The monoisotopic (exact) mass is 278 g/mol. The zero-order valence-electron chi connectivity index (χ0n) is 9.20. The smallest absolute Gasteiger partial charge is 0.329 e. The second kappa shape index (κ2) is 6.69. The topological polar surface area (TPSA) is 55.8 Å². The molecule has 4 nitrogen and oxygen atoms in total. The molecule has 94 valence electrons. The molecule has 0 heterocycles. The number of aliphatic carboxylic acids is 1. The molecular weight excluding hydrogens is 267 g/mol. The molecule has 1 N–H and O–H groups in total. The van der Waals surface area contributed by atoms with Gasteiger partial charge < -0.3 is 14.6 Å². The second-order valence-corrected chi connectivity index (χ2v) is 4.09. The Morgan fingerprint density at radius 2 is 2.06 bits per heavy atom. The molecule has 0 aliphatic rings. The molecule has 0 bridgehead atoms. The van der Waals surface area contributed by atoms with E-state index in [1.165, 1.54) is 7.11 Å². The third kappa shape index (κ3) is 4.42. The summed E-state index contributed by atoms with van der Waals surface area (Å²) >= 11 is 12.0. The number of halogens is 2. The first kappa shape index (κ1) is 14.1. The number of carbonyl (C=O) groups is 1. The zero-order chi connectivity index (χ0) is 12.8. The predicted octanol–water partition coefficient (Wildman–Crippen LogP) is 2.65. The van der Waals surface area contributed by atoms with Gasteiger partial charge in [-0.1, -0.05) is 23.2 Å². The highest BCUT2D eigenvalue weighted by molar-refractivity contribution is 6.34. The van der Waals surface area contributed by atoms with E-state index in [9.17, 15) is 4.79 Å². The van der Waals surface area contributed by atoms with Gasteiger partial charge in [-0.15, -0.1) is 0 Å². The summed E-state index contributed by atoms with van der Waals surface area (Å²) in [7, 11) is 1.51. The van der Waals surface area contributed by atoms with Crippen molar-refractivity contribution in [3.63, 3.8) is 0 Å². The molecule has 0 atom stereocenters. The van der Waals surface area contributed by atoms with Gasteiger partial charge in [-0.05, 0) is 18.1 Å². The number of carboxylic acids is 1. The van der Waals surface area contributed by atoms with Crippen LogP contribution in [0.2, 0.25) is 10.0 Å². The molecule has 1 aromatic carbocycles. The Balaban J connectivity index is 2.59. The van der Waals surface area contributed by atoms with Crippen molar-refractivity contribution < 1.29 is 19.4 Å². The van der Waals surface area contributed by atoms with E-state index in [0.29, 0.717) is 22.2 Å². The maximum Gasteiger partial charge on any atom is 0.329 e. The van der Waals surface area contributed by atoms with Gasteiger partial charge >= 0.3 is 5.97 Å². The first-order chi connectivity index (χ1) is 8.04. The first-order valence-corrected chi connectivity index (χ1v) is 5.61. The molecule has 0 aliphatic carbocycles. The SMILES string of the molecule is COc1cc(Cl)c(CCOCC(=O)O)cc1Cl. The Morgan fingerprint density at radius 1 is 1.35 bits per heavy atom. The van der Waals surface area contributed by atoms with Gasteiger partial charge in [0.25, 0.3) is 0 Å². The van der Waals surface area contributed by atoms with Crippen LogP contribution in [-0.4, -0.2) is 31.4 Å². The molecule has 0 amide bonds. The summed E-state index contributed by atoms with van der Waals surface area (Å²) in [6.45, 7) is -0.0455. The molecule has 0 unspecified atom stereocenters. The maximum absolute atomic E-state index is 10.2. The highest BCUT2D eigenvalue weighted by Gasteiger charge is 2.08. The summed E-state index contributed by atoms with van der Waals surface area (Å²) in [5.74, 6) is -0.490. The average molecular weight is 279 g/mol. The molecule has 1 rings (SSSR count). The second-order valence-electron chi connectivity index (χ2n) is 3.27. The van der Waals surface area contributed by atoms with Gasteiger partial charge in [0.2, 0.25) is 0 Å². The summed E-state index contributed by atoms with van der Waals surface area (Å²) in [6.07, 6.45) is 0.496. The molecule has 0 radical (unpaired) electrons. The molecule has 17 heavy (non-hydrogen) atoms. The summed E-state index contributed by atoms with van der Waals surface area (Å²) < 4.78 is 9.93. The standard InChI is InChI=1S/C11H12Cl2O4/c1-16-10-5-8(12)7(4-9(10)13)2-3-17-6-11(14)15/h4-5H,2-3,6H2,1H3,(H,14,15). The van der Waals surface area contributed by atoms with Gasteiger partial charge in [0.15, 0.2) is 0 Å². The van der Waals surface area contributed by atoms with Crippen LogP contribution in [0.5, 0.6) is 5.75 Å². The van der Waals surface area contributed by atoms with Gasteiger partial charge in [0, 0.05) is 11.1 Å². The highest BCUT2D eigenvalue weighted by atomic mass is 35.5. The van der Waals surface area contributed by atoms with Crippen molar-refractivity contribution in [2.24, 2.45) is 0 Å². The van der Waals surface area contributed by atoms with Crippen molar-refractivity contribution in [3.05, 3.63) is 27.7 Å². The summed E-state index contributed by atoms with van der Waals surface area (Å²) in [4.78, 5) is 10.2. The lowest BCUT2D eigenvalue weighted by molar-refractivity contribution is -0.142. The largest absolute Gasteiger partial charge is 0.495 e. The molecular formula is C11H12Cl2O4. The van der Waals surface area contributed by atoms with Crippen LogP contribution in [0.15, 0.2) is 12.1 Å². The first-order valence-electron chi connectivity index (χ1n) is 4.86. The summed E-state index contributed by atoms with van der Waals surface area (Å²) in [5, 5.41) is 9.37. The van der Waals surface area contributed by atoms with Gasteiger partial charge in [0.1, 0.15) is 12.4 Å². The summed E-state index contributed by atoms with van der Waals surface area (Å²) in [6, 6.07) is 3.31. The lowest BCUT2D eigenvalue weighted by Crippen LogP contribution is -2.09. The van der Waals surface area contributed by atoms with E-state index in [0.717, 1.165) is 5.56 Å². The molecule has 0 fully saturated rings. The van der Waals surface area contributed by atoms with Crippen LogP contribution in [0, 0.1) is 0 Å². The van der Waals surface area contributed by atoms with Gasteiger partial charge in [-0.25, -0.2) is 4.79 Å². The third-order valence-corrected chi connectivity index (χ3v) is 2.71. The van der Waals surface area contributed by atoms with Gasteiger partial charge in [0.05, 0.1) is 18.7 Å². The third-order valence-electron chi connectivity index (χ3n) is 2.06. The van der Waals surface area contributed by atoms with Crippen molar-refractivity contribution in [2.45, 2.75) is 6.42 Å². The number of ether oxygens (including phenoxy) is 2. The lowest BCUT2D eigenvalue weighted by atomic mass is 10.1. The molecule has 0 aliphatic heterocycles. The Kier molecular flexibility index (Phi) is 5.55. The maximum atomic E-state index is 10.2. The van der Waals surface area contributed by atoms with E-state index in [2.05, 4.69) is 0 Å². The van der Waals surface area contributed by atoms with Crippen LogP contribution < -0.4 is 4.74 Å². The fourth-order valence-corrected chi connectivity index (χ4v) is 1.77. The predicted molar refractivity (Wildman–Crippen MR) is 65.2 cm³/mol. The van der Waals surface area contributed by atoms with Crippen molar-refractivity contribution >= 4 is 29.2 Å². The fourth-order valence-electron chi connectivity index (χ4n) is 1.26. The van der Waals surface area contributed by atoms with Crippen molar-refractivity contribution in [2.75, 3.05) is 20.3 Å². The van der Waals surface area contributed by atoms with Crippen molar-refractivity contribution in [1.29, 1.82) is 0 Å². The Hall–Kier alpha value is -0.970. The molecule has 0 saturated carbocycles. The quantitative estimate of drug-likeness (QED) is 0.813. The number of hydrogen-bond acceptors (Lipinski definition) is 3. The van der Waals surface area contributed by atoms with E-state index in [1.807, 2.05) is 0 Å². The van der Waals surface area contributed by atoms with Crippen LogP contribution >= 0.6 is 23.2 Å². The van der Waals surface area contributed by atoms with Crippen LogP contribution in [0.3, 0.4) is 0 Å². The van der Waals surface area contributed by atoms with Crippen LogP contribution in [0.25, 0.3) is 0 Å².